The van der Waals surface area contributed by atoms with E-state index in [1.54, 1.807) is 30.3 Å². The number of halogens is 2. The Morgan fingerprint density at radius 2 is 1.61 bits per heavy atom. The van der Waals surface area contributed by atoms with Gasteiger partial charge in [-0.15, -0.1) is 0 Å². The highest BCUT2D eigenvalue weighted by atomic mass is 32.2. The van der Waals surface area contributed by atoms with E-state index in [1.807, 2.05) is 0 Å². The Labute approximate surface area is 178 Å². The molecule has 4 rings (SSSR count). The van der Waals surface area contributed by atoms with Crippen LogP contribution in [0, 0.1) is 0 Å². The van der Waals surface area contributed by atoms with Crippen molar-refractivity contribution < 1.29 is 31.8 Å². The second kappa shape index (κ2) is 8.37. The van der Waals surface area contributed by atoms with Crippen LogP contribution < -0.4 is 4.74 Å². The summed E-state index contributed by atoms with van der Waals surface area (Å²) in [5, 5.41) is 10.3. The van der Waals surface area contributed by atoms with Crippen LogP contribution in [0.25, 0.3) is 0 Å². The number of carbonyl (C=O) groups is 1. The number of ether oxygens (including phenoxy) is 1. The summed E-state index contributed by atoms with van der Waals surface area (Å²) < 4.78 is 56.3. The van der Waals surface area contributed by atoms with Gasteiger partial charge in [-0.1, -0.05) is 36.4 Å². The zero-order chi connectivity index (χ0) is 22.2. The van der Waals surface area contributed by atoms with Crippen molar-refractivity contribution in [1.82, 2.24) is 9.21 Å². The van der Waals surface area contributed by atoms with E-state index in [-0.39, 0.29) is 36.8 Å². The topological polar surface area (TPSA) is 87.2 Å². The number of benzene rings is 2. The summed E-state index contributed by atoms with van der Waals surface area (Å²) in [6.07, 6.45) is -1.28. The van der Waals surface area contributed by atoms with Crippen LogP contribution in [0.4, 0.5) is 8.78 Å². The third-order valence-corrected chi connectivity index (χ3v) is 7.11. The average Bonchev–Trinajstić information content (AvgIpc) is 3.33. The summed E-state index contributed by atoms with van der Waals surface area (Å²) in [4.78, 5) is 14.0. The predicted molar refractivity (Wildman–Crippen MR) is 107 cm³/mol. The number of amides is 1. The summed E-state index contributed by atoms with van der Waals surface area (Å²) in [6.45, 7) is -2.38. The molecule has 0 unspecified atom stereocenters. The minimum atomic E-state index is -3.92. The number of sulfonamides is 1. The first-order valence-corrected chi connectivity index (χ1v) is 11.0. The molecule has 2 aliphatic rings. The van der Waals surface area contributed by atoms with Crippen LogP contribution in [-0.2, 0) is 14.8 Å². The zero-order valence-electron chi connectivity index (χ0n) is 16.3. The lowest BCUT2D eigenvalue weighted by molar-refractivity contribution is -0.139. The molecule has 0 saturated carbocycles. The van der Waals surface area contributed by atoms with Gasteiger partial charge in [0.05, 0.1) is 4.90 Å². The minimum absolute atomic E-state index is 0.100. The fraction of sp³-hybridized carbons (Fsp3) is 0.286. The zero-order valence-corrected chi connectivity index (χ0v) is 17.1. The highest BCUT2D eigenvalue weighted by Gasteiger charge is 2.39. The van der Waals surface area contributed by atoms with Crippen LogP contribution in [0.2, 0.25) is 0 Å². The third kappa shape index (κ3) is 4.32. The van der Waals surface area contributed by atoms with E-state index < -0.39 is 28.6 Å². The number of nitrogens with zero attached hydrogens (tertiary/aromatic N) is 2. The first-order chi connectivity index (χ1) is 14.8. The molecule has 7 nitrogen and oxygen atoms in total. The molecule has 2 aromatic rings. The lowest BCUT2D eigenvalue weighted by Crippen LogP contribution is -2.38. The Hall–Kier alpha value is -2.82. The molecule has 2 aliphatic heterocycles. The molecule has 2 heterocycles. The van der Waals surface area contributed by atoms with Crippen LogP contribution in [-0.4, -0.2) is 61.4 Å². The van der Waals surface area contributed by atoms with Crippen molar-refractivity contribution in [3.8, 4) is 5.75 Å². The summed E-state index contributed by atoms with van der Waals surface area (Å²) in [6, 6.07) is 13.6. The van der Waals surface area contributed by atoms with Crippen molar-refractivity contribution in [2.75, 3.05) is 26.2 Å². The molecule has 1 N–H and O–H groups in total. The first kappa shape index (κ1) is 21.4. The molecule has 0 fully saturated rings. The Morgan fingerprint density at radius 3 is 2.23 bits per heavy atom. The van der Waals surface area contributed by atoms with E-state index in [2.05, 4.69) is 4.74 Å². The summed E-state index contributed by atoms with van der Waals surface area (Å²) in [5.41, 5.74) is 2.10. The monoisotopic (exact) mass is 450 g/mol. The molecule has 164 valence electrons. The van der Waals surface area contributed by atoms with Crippen LogP contribution in [0.5, 0.6) is 5.75 Å². The predicted octanol–water partition coefficient (Wildman–Crippen LogP) is 2.16. The fourth-order valence-corrected chi connectivity index (χ4v) is 5.25. The molecule has 0 aliphatic carbocycles. The van der Waals surface area contributed by atoms with Crippen molar-refractivity contribution in [2.24, 2.45) is 0 Å². The minimum Gasteiger partial charge on any atom is -0.435 e. The maximum absolute atomic E-state index is 12.9. The highest BCUT2D eigenvalue weighted by molar-refractivity contribution is 7.89. The number of carbonyl (C=O) groups excluding carboxylic acids is 1. The molecule has 0 radical (unpaired) electrons. The number of aliphatic hydroxyl groups is 1. The number of hydrogen-bond donors (Lipinski definition) is 1. The number of rotatable bonds is 6. The van der Waals surface area contributed by atoms with E-state index in [0.29, 0.717) is 5.56 Å². The van der Waals surface area contributed by atoms with Gasteiger partial charge < -0.3 is 14.7 Å². The Bertz CT molecular complexity index is 1100. The molecule has 31 heavy (non-hydrogen) atoms. The largest absolute Gasteiger partial charge is 0.435 e. The van der Waals surface area contributed by atoms with Gasteiger partial charge in [0.25, 0.3) is 5.91 Å². The second-order valence-corrected chi connectivity index (χ2v) is 9.28. The molecular weight excluding hydrogens is 430 g/mol. The maximum Gasteiger partial charge on any atom is 0.387 e. The van der Waals surface area contributed by atoms with E-state index in [4.69, 9.17) is 0 Å². The van der Waals surface area contributed by atoms with Gasteiger partial charge >= 0.3 is 6.61 Å². The molecule has 1 amide bonds. The number of alkyl halides is 2. The van der Waals surface area contributed by atoms with Gasteiger partial charge in [-0.3, -0.25) is 4.79 Å². The lowest BCUT2D eigenvalue weighted by atomic mass is 10.1. The van der Waals surface area contributed by atoms with E-state index >= 15 is 0 Å². The van der Waals surface area contributed by atoms with Crippen molar-refractivity contribution in [1.29, 1.82) is 0 Å². The van der Waals surface area contributed by atoms with E-state index in [0.717, 1.165) is 17.2 Å². The van der Waals surface area contributed by atoms with Crippen LogP contribution >= 0.6 is 0 Å². The van der Waals surface area contributed by atoms with Crippen molar-refractivity contribution in [2.45, 2.75) is 17.6 Å². The molecule has 1 atom stereocenters. The molecule has 0 spiro atoms. The first-order valence-electron chi connectivity index (χ1n) is 9.52. The molecular formula is C21H20F2N2O5S. The molecule has 10 heteroatoms. The smallest absolute Gasteiger partial charge is 0.387 e. The molecule has 2 aromatic carbocycles. The van der Waals surface area contributed by atoms with Crippen molar-refractivity contribution in [3.05, 3.63) is 71.3 Å². The highest BCUT2D eigenvalue weighted by Crippen LogP contribution is 2.32. The maximum atomic E-state index is 12.9. The van der Waals surface area contributed by atoms with Crippen LogP contribution in [0.3, 0.4) is 0 Å². The third-order valence-electron chi connectivity index (χ3n) is 5.33. The molecule has 0 bridgehead atoms. The Kier molecular flexibility index (Phi) is 5.78. The molecule has 0 aromatic heterocycles. The van der Waals surface area contributed by atoms with Crippen LogP contribution in [0.1, 0.15) is 11.7 Å². The number of hydrogen-bond acceptors (Lipinski definition) is 5. The van der Waals surface area contributed by atoms with Gasteiger partial charge in [-0.2, -0.15) is 13.1 Å². The lowest BCUT2D eigenvalue weighted by Gasteiger charge is -2.24. The quantitative estimate of drug-likeness (QED) is 0.682. The van der Waals surface area contributed by atoms with Gasteiger partial charge in [-0.05, 0) is 28.8 Å². The van der Waals surface area contributed by atoms with Gasteiger partial charge in [0, 0.05) is 32.2 Å². The standard InChI is InChI=1S/C21H20F2N2O5S/c22-21(23)30-17-7-4-8-18(9-17)31(28,29)25-12-15-10-24(11-16(15)13-25)20(27)19(26)14-5-2-1-3-6-14/h1-9,19,21,26H,10-13H2/t19-/m1/s1. The van der Waals surface area contributed by atoms with Crippen molar-refractivity contribution in [3.63, 3.8) is 0 Å². The van der Waals surface area contributed by atoms with Crippen LogP contribution in [0.15, 0.2) is 70.6 Å². The van der Waals surface area contributed by atoms with Gasteiger partial charge in [0.15, 0.2) is 6.10 Å². The van der Waals surface area contributed by atoms with Gasteiger partial charge in [0.1, 0.15) is 5.75 Å². The summed E-state index contributed by atoms with van der Waals surface area (Å²) in [7, 11) is -3.92. The fourth-order valence-electron chi connectivity index (χ4n) is 3.78. The Balaban J connectivity index is 1.42. The summed E-state index contributed by atoms with van der Waals surface area (Å²) >= 11 is 0. The average molecular weight is 450 g/mol. The Morgan fingerprint density at radius 1 is 0.968 bits per heavy atom. The van der Waals surface area contributed by atoms with Crippen molar-refractivity contribution >= 4 is 15.9 Å². The van der Waals surface area contributed by atoms with Gasteiger partial charge in [-0.25, -0.2) is 8.42 Å². The second-order valence-electron chi connectivity index (χ2n) is 7.34. The normalized spacial score (nSPS) is 17.9. The van der Waals surface area contributed by atoms with Gasteiger partial charge in [0.2, 0.25) is 10.0 Å². The summed E-state index contributed by atoms with van der Waals surface area (Å²) in [5.74, 6) is -0.672. The van der Waals surface area contributed by atoms with E-state index in [1.165, 1.54) is 27.4 Å². The number of aliphatic hydroxyl groups excluding tert-OH is 1. The molecule has 0 saturated heterocycles. The van der Waals surface area contributed by atoms with E-state index in [9.17, 15) is 27.1 Å². The SMILES string of the molecule is O=C([C@H](O)c1ccccc1)N1CC2=C(C1)CN(S(=O)(=O)c1cccc(OC(F)F)c1)C2.